The maximum absolute atomic E-state index is 5.23. The molecule has 2 aliphatic carbocycles. The average molecular weight is 765 g/mol. The molecule has 0 aliphatic heterocycles. The molecule has 4 nitrogen and oxygen atoms in total. The molecule has 4 heteroatoms. The lowest BCUT2D eigenvalue weighted by Crippen LogP contribution is -2.28. The van der Waals surface area contributed by atoms with Crippen LogP contribution in [0.2, 0.25) is 0 Å². The second kappa shape index (κ2) is 12.5. The Morgan fingerprint density at radius 2 is 0.950 bits per heavy atom. The fourth-order valence-electron chi connectivity index (χ4n) is 10.5. The van der Waals surface area contributed by atoms with Gasteiger partial charge in [0.1, 0.15) is 0 Å². The lowest BCUT2D eigenvalue weighted by Gasteiger charge is -2.36. The van der Waals surface area contributed by atoms with Gasteiger partial charge in [-0.15, -0.1) is 0 Å². The lowest BCUT2D eigenvalue weighted by atomic mass is 9.70. The zero-order valence-electron chi connectivity index (χ0n) is 32.6. The summed E-state index contributed by atoms with van der Waals surface area (Å²) in [6, 6.07) is 79.8. The third-order valence-corrected chi connectivity index (χ3v) is 12.9. The Hall–Kier alpha value is -7.95. The van der Waals surface area contributed by atoms with E-state index in [9.17, 15) is 0 Å². The van der Waals surface area contributed by atoms with E-state index in [-0.39, 0.29) is 0 Å². The van der Waals surface area contributed by atoms with E-state index < -0.39 is 5.41 Å². The highest BCUT2D eigenvalue weighted by atomic mass is 15.2. The van der Waals surface area contributed by atoms with Gasteiger partial charge in [0.25, 0.3) is 0 Å². The molecule has 0 amide bonds. The predicted octanol–water partition coefficient (Wildman–Crippen LogP) is 13.9. The molecule has 0 N–H and O–H groups in total. The monoisotopic (exact) mass is 764 g/mol. The first kappa shape index (κ1) is 33.1. The van der Waals surface area contributed by atoms with Gasteiger partial charge in [0.05, 0.1) is 33.2 Å². The predicted molar refractivity (Wildman–Crippen MR) is 246 cm³/mol. The van der Waals surface area contributed by atoms with E-state index in [2.05, 4.69) is 232 Å². The molecule has 9 aromatic carbocycles. The number of anilines is 3. The van der Waals surface area contributed by atoms with E-state index in [1.54, 1.807) is 0 Å². The molecule has 11 aromatic rings. The zero-order chi connectivity index (χ0) is 39.4. The van der Waals surface area contributed by atoms with Gasteiger partial charge in [0.15, 0.2) is 0 Å². The number of hydrogen-bond donors (Lipinski definition) is 0. The van der Waals surface area contributed by atoms with Gasteiger partial charge < -0.3 is 4.90 Å². The number of imidazole rings is 2. The summed E-state index contributed by atoms with van der Waals surface area (Å²) in [5, 5.41) is 0. The summed E-state index contributed by atoms with van der Waals surface area (Å²) in [7, 11) is 0. The Morgan fingerprint density at radius 3 is 1.65 bits per heavy atom. The van der Waals surface area contributed by atoms with Crippen molar-refractivity contribution in [3.63, 3.8) is 0 Å². The van der Waals surface area contributed by atoms with Gasteiger partial charge in [-0.3, -0.25) is 8.97 Å². The van der Waals surface area contributed by atoms with Gasteiger partial charge in [-0.05, 0) is 111 Å². The number of aromatic nitrogens is 3. The normalized spacial score (nSPS) is 13.1. The molecule has 0 saturated carbocycles. The minimum absolute atomic E-state index is 0.521. The number of benzene rings is 9. The Kier molecular flexibility index (Phi) is 6.90. The van der Waals surface area contributed by atoms with Crippen LogP contribution >= 0.6 is 0 Å². The molecule has 13 rings (SSSR count). The van der Waals surface area contributed by atoms with Crippen LogP contribution in [-0.2, 0) is 5.41 Å². The summed E-state index contributed by atoms with van der Waals surface area (Å²) in [6.45, 7) is 0. The first-order valence-electron chi connectivity index (χ1n) is 20.6. The van der Waals surface area contributed by atoms with Crippen molar-refractivity contribution in [2.24, 2.45) is 0 Å². The minimum atomic E-state index is -0.521. The summed E-state index contributed by atoms with van der Waals surface area (Å²) < 4.78 is 4.62. The van der Waals surface area contributed by atoms with Gasteiger partial charge in [-0.2, -0.15) is 0 Å². The highest BCUT2D eigenvalue weighted by Gasteiger charge is 2.53. The van der Waals surface area contributed by atoms with Crippen LogP contribution in [0.1, 0.15) is 22.3 Å². The van der Waals surface area contributed by atoms with Crippen molar-refractivity contribution in [3.05, 3.63) is 241 Å². The van der Waals surface area contributed by atoms with Crippen molar-refractivity contribution in [2.75, 3.05) is 4.90 Å². The first-order chi connectivity index (χ1) is 29.8. The smallest absolute Gasteiger partial charge is 0.220 e. The van der Waals surface area contributed by atoms with Gasteiger partial charge in [-0.25, -0.2) is 4.98 Å². The van der Waals surface area contributed by atoms with Gasteiger partial charge in [0.2, 0.25) is 5.78 Å². The molecule has 1 spiro atoms. The van der Waals surface area contributed by atoms with E-state index in [4.69, 9.17) is 4.98 Å². The maximum Gasteiger partial charge on any atom is 0.220 e. The number of para-hydroxylation sites is 3. The molecule has 0 radical (unpaired) electrons. The van der Waals surface area contributed by atoms with Crippen LogP contribution in [0.15, 0.2) is 218 Å². The molecule has 2 heterocycles. The van der Waals surface area contributed by atoms with Crippen molar-refractivity contribution in [1.29, 1.82) is 0 Å². The molecule has 0 saturated heterocycles. The number of rotatable bonds is 5. The highest BCUT2D eigenvalue weighted by Crippen LogP contribution is 2.65. The largest absolute Gasteiger partial charge is 0.310 e. The van der Waals surface area contributed by atoms with Crippen LogP contribution in [0.4, 0.5) is 17.1 Å². The van der Waals surface area contributed by atoms with Crippen molar-refractivity contribution < 1.29 is 0 Å². The molecule has 0 atom stereocenters. The molecule has 2 aromatic heterocycles. The Labute approximate surface area is 347 Å². The van der Waals surface area contributed by atoms with Crippen molar-refractivity contribution in [1.82, 2.24) is 14.0 Å². The number of hydrogen-bond acceptors (Lipinski definition) is 2. The van der Waals surface area contributed by atoms with Crippen LogP contribution in [-0.4, -0.2) is 14.0 Å². The van der Waals surface area contributed by atoms with Gasteiger partial charge in [0, 0.05) is 22.6 Å². The van der Waals surface area contributed by atoms with Crippen molar-refractivity contribution in [2.45, 2.75) is 5.41 Å². The van der Waals surface area contributed by atoms with Crippen LogP contribution in [0.5, 0.6) is 0 Å². The topological polar surface area (TPSA) is 25.5 Å². The summed E-state index contributed by atoms with van der Waals surface area (Å²) in [5.41, 5.74) is 20.9. The van der Waals surface area contributed by atoms with Crippen molar-refractivity contribution in [3.8, 4) is 39.1 Å². The number of fused-ring (bicyclic) bond motifs is 15. The Balaban J connectivity index is 1.13. The Bertz CT molecular complexity index is 3420. The standard InChI is InChI=1S/C56H36N4/c1-3-16-37(17-4-1)38-30-32-40(33-31-38)58(41-34-35-51-53(36-41)60-50-28-14-13-27-49(50)57-55(60)59(51)39-18-5-2-6-19-39)52-29-15-23-45-44-22-9-12-26-48(44)56(54(45)52)46-24-10-7-20-42(46)43-21-8-11-25-47(43)56/h1-36H. The van der Waals surface area contributed by atoms with Gasteiger partial charge in [-0.1, -0.05) is 158 Å². The fourth-order valence-corrected chi connectivity index (χ4v) is 10.5. The average Bonchev–Trinajstić information content (AvgIpc) is 4.03. The Morgan fingerprint density at radius 1 is 0.400 bits per heavy atom. The molecule has 0 unspecified atom stereocenters. The van der Waals surface area contributed by atoms with Crippen molar-refractivity contribution >= 4 is 44.9 Å². The third-order valence-electron chi connectivity index (χ3n) is 12.9. The molecule has 280 valence electrons. The molecule has 2 aliphatic rings. The van der Waals surface area contributed by atoms with E-state index >= 15 is 0 Å². The van der Waals surface area contributed by atoms with E-state index in [1.165, 1.54) is 55.6 Å². The molecule has 60 heavy (non-hydrogen) atoms. The summed E-state index contributed by atoms with van der Waals surface area (Å²) >= 11 is 0. The minimum Gasteiger partial charge on any atom is -0.310 e. The lowest BCUT2D eigenvalue weighted by molar-refractivity contribution is 0.793. The van der Waals surface area contributed by atoms with Crippen LogP contribution in [0.3, 0.4) is 0 Å². The van der Waals surface area contributed by atoms with E-state index in [0.717, 1.165) is 50.6 Å². The quantitative estimate of drug-likeness (QED) is 0.174. The summed E-state index contributed by atoms with van der Waals surface area (Å²) in [6.07, 6.45) is 0. The first-order valence-corrected chi connectivity index (χ1v) is 20.6. The zero-order valence-corrected chi connectivity index (χ0v) is 32.6. The summed E-state index contributed by atoms with van der Waals surface area (Å²) in [4.78, 5) is 7.73. The van der Waals surface area contributed by atoms with Gasteiger partial charge >= 0.3 is 0 Å². The van der Waals surface area contributed by atoms with Crippen LogP contribution < -0.4 is 4.90 Å². The van der Waals surface area contributed by atoms with E-state index in [0.29, 0.717) is 0 Å². The molecule has 0 bridgehead atoms. The van der Waals surface area contributed by atoms with Crippen LogP contribution in [0.25, 0.3) is 66.9 Å². The molecule has 0 fully saturated rings. The van der Waals surface area contributed by atoms with Crippen LogP contribution in [0, 0.1) is 0 Å². The summed E-state index contributed by atoms with van der Waals surface area (Å²) in [5.74, 6) is 0.891. The SMILES string of the molecule is c1ccc(-c2ccc(N(c3ccc4c(c3)n3c5ccccc5nc3n4-c3ccccc3)c3cccc4c3C3(c5ccccc5-c5ccccc53)c3ccccc3-4)cc2)cc1. The highest BCUT2D eigenvalue weighted by molar-refractivity contribution is 6.01. The molecular weight excluding hydrogens is 729 g/mol. The number of nitrogens with zero attached hydrogens (tertiary/aromatic N) is 4. The fraction of sp³-hybridized carbons (Fsp3) is 0.0179. The molecular formula is C56H36N4. The maximum atomic E-state index is 5.23. The second-order valence-corrected chi connectivity index (χ2v) is 15.9. The third kappa shape index (κ3) is 4.42. The second-order valence-electron chi connectivity index (χ2n) is 15.9. The van der Waals surface area contributed by atoms with E-state index in [1.807, 2.05) is 0 Å².